The van der Waals surface area contributed by atoms with Gasteiger partial charge in [-0.15, -0.1) is 0 Å². The fourth-order valence-electron chi connectivity index (χ4n) is 4.64. The van der Waals surface area contributed by atoms with E-state index in [9.17, 15) is 32.7 Å². The van der Waals surface area contributed by atoms with Crippen LogP contribution in [0, 0.1) is 29.1 Å². The summed E-state index contributed by atoms with van der Waals surface area (Å²) in [5, 5.41) is 18.5. The van der Waals surface area contributed by atoms with Gasteiger partial charge < -0.3 is 9.84 Å². The number of anilines is 1. The first-order chi connectivity index (χ1) is 14.0. The zero-order chi connectivity index (χ0) is 22.4. The highest BCUT2D eigenvalue weighted by Crippen LogP contribution is 2.50. The second-order valence-electron chi connectivity index (χ2n) is 7.52. The minimum Gasteiger partial charge on any atom is -0.481 e. The number of carboxylic acids is 1. The fourth-order valence-corrected chi connectivity index (χ4v) is 4.64. The number of rotatable bonds is 4. The topological polar surface area (TPSA) is 108 Å². The summed E-state index contributed by atoms with van der Waals surface area (Å²) >= 11 is 0. The van der Waals surface area contributed by atoms with Crippen molar-refractivity contribution in [1.82, 2.24) is 0 Å². The van der Waals surface area contributed by atoms with Gasteiger partial charge in [-0.25, -0.2) is 4.90 Å². The van der Waals surface area contributed by atoms with E-state index in [4.69, 9.17) is 10.00 Å². The predicted octanol–water partition coefficient (Wildman–Crippen LogP) is 2.97. The lowest BCUT2D eigenvalue weighted by Crippen LogP contribution is -2.55. The van der Waals surface area contributed by atoms with Gasteiger partial charge in [-0.3, -0.25) is 14.4 Å². The number of benzene rings is 1. The molecule has 160 valence electrons. The molecule has 0 radical (unpaired) electrons. The van der Waals surface area contributed by atoms with E-state index >= 15 is 0 Å². The normalized spacial score (nSPS) is 28.9. The second-order valence-corrected chi connectivity index (χ2v) is 7.52. The summed E-state index contributed by atoms with van der Waals surface area (Å²) in [6.45, 7) is 3.18. The number of carboxylic acid groups (broad SMARTS) is 1. The standard InChI is InChI=1S/C20H19F3N2O5/c1-3-30-19(2)13(18(28)29)7-6-12-15(19)17(27)25(16(12)26)11-5-4-10(9-24)14(8-11)20(21,22)23/h4-5,8,12-13,15H,3,6-7H2,1-2H3,(H,28,29)/t12-,13+,15+,19?/m0/s1. The van der Waals surface area contributed by atoms with Gasteiger partial charge in [0.15, 0.2) is 0 Å². The van der Waals surface area contributed by atoms with Crippen molar-refractivity contribution in [2.45, 2.75) is 38.5 Å². The molecular weight excluding hydrogens is 405 g/mol. The molecule has 1 aromatic rings. The van der Waals surface area contributed by atoms with Crippen LogP contribution in [0.1, 0.15) is 37.8 Å². The first kappa shape index (κ1) is 21.8. The maximum absolute atomic E-state index is 13.3. The number of alkyl halides is 3. The van der Waals surface area contributed by atoms with Gasteiger partial charge in [-0.1, -0.05) is 0 Å². The summed E-state index contributed by atoms with van der Waals surface area (Å²) in [4.78, 5) is 38.6. The Bertz CT molecular complexity index is 955. The Morgan fingerprint density at radius 3 is 2.53 bits per heavy atom. The van der Waals surface area contributed by atoms with Crippen LogP contribution in [-0.4, -0.2) is 35.1 Å². The molecule has 1 unspecified atom stereocenters. The van der Waals surface area contributed by atoms with Gasteiger partial charge in [0.05, 0.1) is 46.2 Å². The highest BCUT2D eigenvalue weighted by atomic mass is 19.4. The third-order valence-corrected chi connectivity index (χ3v) is 5.94. The fraction of sp³-hybridized carbons (Fsp3) is 0.500. The zero-order valence-electron chi connectivity index (χ0n) is 16.2. The lowest BCUT2D eigenvalue weighted by atomic mass is 9.65. The van der Waals surface area contributed by atoms with Crippen LogP contribution >= 0.6 is 0 Å². The molecule has 7 nitrogen and oxygen atoms in total. The van der Waals surface area contributed by atoms with E-state index in [-0.39, 0.29) is 25.1 Å². The van der Waals surface area contributed by atoms with Crippen molar-refractivity contribution >= 4 is 23.5 Å². The van der Waals surface area contributed by atoms with Crippen molar-refractivity contribution in [1.29, 1.82) is 5.26 Å². The predicted molar refractivity (Wildman–Crippen MR) is 96.0 cm³/mol. The Morgan fingerprint density at radius 1 is 1.33 bits per heavy atom. The molecule has 2 aliphatic rings. The van der Waals surface area contributed by atoms with E-state index in [1.54, 1.807) is 6.92 Å². The van der Waals surface area contributed by atoms with Crippen LogP contribution in [0.3, 0.4) is 0 Å². The Hall–Kier alpha value is -2.93. The van der Waals surface area contributed by atoms with Gasteiger partial charge >= 0.3 is 12.1 Å². The first-order valence-electron chi connectivity index (χ1n) is 9.33. The monoisotopic (exact) mass is 424 g/mol. The molecule has 0 aromatic heterocycles. The number of ether oxygens (including phenoxy) is 1. The van der Waals surface area contributed by atoms with Gasteiger partial charge in [0.1, 0.15) is 0 Å². The van der Waals surface area contributed by atoms with E-state index in [2.05, 4.69) is 0 Å². The summed E-state index contributed by atoms with van der Waals surface area (Å²) in [5.41, 5.74) is -3.68. The first-order valence-corrected chi connectivity index (χ1v) is 9.33. The molecule has 2 amide bonds. The number of aliphatic carboxylic acids is 1. The zero-order valence-corrected chi connectivity index (χ0v) is 16.2. The van der Waals surface area contributed by atoms with Crippen LogP contribution in [0.4, 0.5) is 18.9 Å². The Kier molecular flexibility index (Phi) is 5.37. The van der Waals surface area contributed by atoms with Gasteiger partial charge in [-0.05, 0) is 44.9 Å². The van der Waals surface area contributed by atoms with Gasteiger partial charge in [0.25, 0.3) is 0 Å². The average Bonchev–Trinajstić information content (AvgIpc) is 2.92. The Balaban J connectivity index is 2.09. The third-order valence-electron chi connectivity index (χ3n) is 5.94. The molecule has 1 saturated carbocycles. The summed E-state index contributed by atoms with van der Waals surface area (Å²) in [6.07, 6.45) is -4.65. The molecule has 2 fully saturated rings. The minimum atomic E-state index is -4.85. The number of imide groups is 1. The van der Waals surface area contributed by atoms with E-state index in [0.29, 0.717) is 11.0 Å². The van der Waals surface area contributed by atoms with E-state index < -0.39 is 58.4 Å². The van der Waals surface area contributed by atoms with Crippen molar-refractivity contribution < 1.29 is 37.4 Å². The lowest BCUT2D eigenvalue weighted by molar-refractivity contribution is -0.178. The van der Waals surface area contributed by atoms with Crippen molar-refractivity contribution in [2.75, 3.05) is 11.5 Å². The number of hydrogen-bond acceptors (Lipinski definition) is 5. The van der Waals surface area contributed by atoms with Crippen LogP contribution < -0.4 is 4.90 Å². The molecule has 4 atom stereocenters. The summed E-state index contributed by atoms with van der Waals surface area (Å²) in [6, 6.07) is 4.05. The highest BCUT2D eigenvalue weighted by molar-refractivity contribution is 6.22. The van der Waals surface area contributed by atoms with Gasteiger partial charge in [-0.2, -0.15) is 18.4 Å². The number of amides is 2. The van der Waals surface area contributed by atoms with E-state index in [1.807, 2.05) is 0 Å². The lowest BCUT2D eigenvalue weighted by Gasteiger charge is -2.44. The molecule has 1 N–H and O–H groups in total. The smallest absolute Gasteiger partial charge is 0.417 e. The van der Waals surface area contributed by atoms with E-state index in [1.165, 1.54) is 13.0 Å². The minimum absolute atomic E-state index is 0.0973. The molecule has 3 rings (SSSR count). The molecule has 1 aromatic carbocycles. The molecule has 1 saturated heterocycles. The maximum Gasteiger partial charge on any atom is 0.417 e. The molecule has 1 heterocycles. The summed E-state index contributed by atoms with van der Waals surface area (Å²) < 4.78 is 45.7. The van der Waals surface area contributed by atoms with Crippen LogP contribution in [0.15, 0.2) is 18.2 Å². The van der Waals surface area contributed by atoms with Gasteiger partial charge in [0, 0.05) is 6.61 Å². The number of hydrogen-bond donors (Lipinski definition) is 1. The van der Waals surface area contributed by atoms with Crippen molar-refractivity contribution in [3.8, 4) is 6.07 Å². The van der Waals surface area contributed by atoms with Crippen LogP contribution in [0.25, 0.3) is 0 Å². The molecule has 10 heteroatoms. The van der Waals surface area contributed by atoms with E-state index in [0.717, 1.165) is 12.1 Å². The Morgan fingerprint density at radius 2 is 2.00 bits per heavy atom. The molecular formula is C20H19F3N2O5. The average molecular weight is 424 g/mol. The molecule has 1 aliphatic heterocycles. The second kappa shape index (κ2) is 7.40. The maximum atomic E-state index is 13.3. The molecule has 0 spiro atoms. The molecule has 0 bridgehead atoms. The number of fused-ring (bicyclic) bond motifs is 1. The van der Waals surface area contributed by atoms with Crippen LogP contribution in [-0.2, 0) is 25.3 Å². The third kappa shape index (κ3) is 3.23. The number of halogens is 3. The van der Waals surface area contributed by atoms with Crippen molar-refractivity contribution in [3.05, 3.63) is 29.3 Å². The largest absolute Gasteiger partial charge is 0.481 e. The van der Waals surface area contributed by atoms with Gasteiger partial charge in [0.2, 0.25) is 11.8 Å². The molecule has 1 aliphatic carbocycles. The molecule has 30 heavy (non-hydrogen) atoms. The number of carbonyl (C=O) groups excluding carboxylic acids is 2. The quantitative estimate of drug-likeness (QED) is 0.745. The summed E-state index contributed by atoms with van der Waals surface area (Å²) in [5.74, 6) is -5.73. The SMILES string of the molecule is CCOC1(C)[C@@H](C(=O)O)CC[C@@H]2C(=O)N(c3ccc(C#N)c(C(F)(F)F)c3)C(=O)[C@@H]21. The summed E-state index contributed by atoms with van der Waals surface area (Å²) in [7, 11) is 0. The Labute approximate surface area is 170 Å². The number of nitriles is 1. The van der Waals surface area contributed by atoms with Crippen LogP contribution in [0.2, 0.25) is 0 Å². The number of nitrogens with zero attached hydrogens (tertiary/aromatic N) is 2. The van der Waals surface area contributed by atoms with Crippen molar-refractivity contribution in [2.24, 2.45) is 17.8 Å². The number of carbonyl (C=O) groups is 3. The van der Waals surface area contributed by atoms with Crippen LogP contribution in [0.5, 0.6) is 0 Å². The van der Waals surface area contributed by atoms with Crippen molar-refractivity contribution in [3.63, 3.8) is 0 Å². The highest BCUT2D eigenvalue weighted by Gasteiger charge is 2.63.